The minimum atomic E-state index is -0.0984. The van der Waals surface area contributed by atoms with Crippen LogP contribution in [0, 0.1) is 6.92 Å². The van der Waals surface area contributed by atoms with Crippen LogP contribution in [-0.4, -0.2) is 80.7 Å². The van der Waals surface area contributed by atoms with Crippen LogP contribution in [0.15, 0.2) is 53.9 Å². The van der Waals surface area contributed by atoms with Crippen LogP contribution < -0.4 is 10.2 Å². The highest BCUT2D eigenvalue weighted by Crippen LogP contribution is 2.28. The van der Waals surface area contributed by atoms with Crippen LogP contribution in [0.3, 0.4) is 0 Å². The number of anilines is 2. The van der Waals surface area contributed by atoms with Crippen molar-refractivity contribution in [1.29, 1.82) is 0 Å². The van der Waals surface area contributed by atoms with Crippen LogP contribution in [0.4, 0.5) is 11.4 Å². The number of methoxy groups -OCH3 is 1. The van der Waals surface area contributed by atoms with E-state index in [0.717, 1.165) is 89.9 Å². The number of aromatic amines is 1. The number of nitrogens with zero attached hydrogens (tertiary/aromatic N) is 3. The highest BCUT2D eigenvalue weighted by Gasteiger charge is 2.16. The smallest absolute Gasteiger partial charge is 0.266 e. The number of fused-ring (bicyclic) bond motifs is 1. The molecule has 4 aromatic rings. The summed E-state index contributed by atoms with van der Waals surface area (Å²) in [5, 5.41) is 13.7. The molecule has 0 unspecified atom stereocenters. The molecule has 1 fully saturated rings. The molecule has 0 radical (unpaired) electrons. The lowest BCUT2D eigenvalue weighted by molar-refractivity contribution is 0.0390. The fraction of sp³-hybridized carbons (Fsp3) is 0.333. The molecule has 1 amide bonds. The molecule has 1 aliphatic rings. The average Bonchev–Trinajstić information content (AvgIpc) is 3.59. The first-order valence-electron chi connectivity index (χ1n) is 13.3. The molecule has 2 aromatic heterocycles. The molecular weight excluding hydrogens is 510 g/mol. The maximum absolute atomic E-state index is 13.1. The number of H-pyrrole nitrogens is 1. The molecule has 1 aliphatic heterocycles. The Hall–Kier alpha value is -3.50. The van der Waals surface area contributed by atoms with Crippen molar-refractivity contribution in [3.63, 3.8) is 0 Å². The van der Waals surface area contributed by atoms with E-state index in [1.54, 1.807) is 7.11 Å². The summed E-state index contributed by atoms with van der Waals surface area (Å²) in [6.45, 7) is 8.66. The third kappa shape index (κ3) is 6.75. The van der Waals surface area contributed by atoms with Crippen LogP contribution in [0.5, 0.6) is 0 Å². The first-order chi connectivity index (χ1) is 19.1. The Balaban J connectivity index is 1.44. The van der Waals surface area contributed by atoms with Gasteiger partial charge in [0.2, 0.25) is 0 Å². The topological polar surface area (TPSA) is 82.7 Å². The van der Waals surface area contributed by atoms with E-state index in [1.165, 1.54) is 11.3 Å². The number of hydrogen-bond acceptors (Lipinski definition) is 7. The van der Waals surface area contributed by atoms with E-state index < -0.39 is 0 Å². The van der Waals surface area contributed by atoms with E-state index in [4.69, 9.17) is 9.47 Å². The summed E-state index contributed by atoms with van der Waals surface area (Å²) in [7, 11) is 1.73. The van der Waals surface area contributed by atoms with Crippen molar-refractivity contribution < 1.29 is 14.3 Å². The molecule has 39 heavy (non-hydrogen) atoms. The summed E-state index contributed by atoms with van der Waals surface area (Å²) in [6, 6.07) is 16.2. The van der Waals surface area contributed by atoms with Gasteiger partial charge in [0.05, 0.1) is 35.9 Å². The van der Waals surface area contributed by atoms with Gasteiger partial charge in [0.15, 0.2) is 0 Å². The van der Waals surface area contributed by atoms with E-state index in [9.17, 15) is 4.79 Å². The number of rotatable bonds is 11. The van der Waals surface area contributed by atoms with Gasteiger partial charge in [0.1, 0.15) is 0 Å². The van der Waals surface area contributed by atoms with Crippen molar-refractivity contribution in [3.8, 4) is 0 Å². The molecule has 9 heteroatoms. The highest BCUT2D eigenvalue weighted by atomic mass is 32.1. The predicted molar refractivity (Wildman–Crippen MR) is 160 cm³/mol. The van der Waals surface area contributed by atoms with Gasteiger partial charge in [-0.25, -0.2) is 0 Å². The van der Waals surface area contributed by atoms with Gasteiger partial charge < -0.3 is 19.7 Å². The molecule has 8 nitrogen and oxygen atoms in total. The van der Waals surface area contributed by atoms with Crippen molar-refractivity contribution in [1.82, 2.24) is 15.1 Å². The molecule has 0 aliphatic carbocycles. The van der Waals surface area contributed by atoms with E-state index in [2.05, 4.69) is 43.5 Å². The molecule has 204 valence electrons. The van der Waals surface area contributed by atoms with Gasteiger partial charge in [0, 0.05) is 62.2 Å². The average molecular weight is 546 g/mol. The molecule has 0 bridgehead atoms. The van der Waals surface area contributed by atoms with Gasteiger partial charge in [-0.2, -0.15) is 5.10 Å². The zero-order valence-electron chi connectivity index (χ0n) is 22.5. The number of nitrogens with one attached hydrogen (secondary N) is 2. The Morgan fingerprint density at radius 3 is 2.82 bits per heavy atom. The van der Waals surface area contributed by atoms with Crippen molar-refractivity contribution in [2.45, 2.75) is 6.92 Å². The number of ether oxygens (including phenoxy) is 2. The van der Waals surface area contributed by atoms with Crippen molar-refractivity contribution >= 4 is 51.7 Å². The number of aryl methyl sites for hydroxylation is 1. The van der Waals surface area contributed by atoms with Gasteiger partial charge in [-0.1, -0.05) is 24.3 Å². The maximum atomic E-state index is 13.1. The van der Waals surface area contributed by atoms with Crippen molar-refractivity contribution in [2.24, 2.45) is 0 Å². The second-order valence-electron chi connectivity index (χ2n) is 9.58. The minimum Gasteiger partial charge on any atom is -0.383 e. The monoisotopic (exact) mass is 545 g/mol. The Bertz CT molecular complexity index is 1420. The Morgan fingerprint density at radius 1 is 1.18 bits per heavy atom. The number of hydrogen-bond donors (Lipinski definition) is 2. The minimum absolute atomic E-state index is 0.0984. The molecule has 5 rings (SSSR count). The molecule has 2 aromatic carbocycles. The zero-order chi connectivity index (χ0) is 27.0. The Kier molecular flexibility index (Phi) is 9.05. The van der Waals surface area contributed by atoms with Gasteiger partial charge >= 0.3 is 0 Å². The lowest BCUT2D eigenvalue weighted by Gasteiger charge is -2.31. The first kappa shape index (κ1) is 27.1. The standard InChI is InChI=1S/C30H35N5O3S/c1-22-11-20-39-29(22)30(36)31-26-10-8-24(35(16-17-37-2)13-12-34-14-18-38-19-15-34)21-23(26)7-9-28-25-5-3-4-6-27(25)32-33-28/h3-11,20-21H,12-19H2,1-2H3,(H,31,36)(H,32,33). The Morgan fingerprint density at radius 2 is 2.03 bits per heavy atom. The summed E-state index contributed by atoms with van der Waals surface area (Å²) < 4.78 is 10.9. The summed E-state index contributed by atoms with van der Waals surface area (Å²) >= 11 is 1.45. The summed E-state index contributed by atoms with van der Waals surface area (Å²) in [6.07, 6.45) is 4.02. The third-order valence-electron chi connectivity index (χ3n) is 6.99. The van der Waals surface area contributed by atoms with E-state index in [0.29, 0.717) is 6.61 Å². The quantitative estimate of drug-likeness (QED) is 0.272. The molecular formula is C30H35N5O3S. The van der Waals surface area contributed by atoms with Crippen LogP contribution in [0.1, 0.15) is 26.5 Å². The van der Waals surface area contributed by atoms with Crippen molar-refractivity contribution in [2.75, 3.05) is 69.9 Å². The molecule has 0 atom stereocenters. The number of morpholine rings is 1. The van der Waals surface area contributed by atoms with E-state index in [1.807, 2.05) is 54.8 Å². The van der Waals surface area contributed by atoms with Gasteiger partial charge in [-0.05, 0) is 54.3 Å². The number of para-hydroxylation sites is 1. The lowest BCUT2D eigenvalue weighted by Crippen LogP contribution is -2.42. The highest BCUT2D eigenvalue weighted by molar-refractivity contribution is 7.12. The normalized spacial score (nSPS) is 14.3. The second kappa shape index (κ2) is 13.0. The third-order valence-corrected chi connectivity index (χ3v) is 8.01. The molecule has 2 N–H and O–H groups in total. The summed E-state index contributed by atoms with van der Waals surface area (Å²) in [5.41, 5.74) is 5.57. The SMILES string of the molecule is COCCN(CCN1CCOCC1)c1ccc(NC(=O)c2sccc2C)c(C=Cc2n[nH]c3ccccc23)c1. The summed E-state index contributed by atoms with van der Waals surface area (Å²) in [5.74, 6) is -0.0984. The van der Waals surface area contributed by atoms with Gasteiger partial charge in [0.25, 0.3) is 5.91 Å². The van der Waals surface area contributed by atoms with Gasteiger partial charge in [-0.15, -0.1) is 11.3 Å². The van der Waals surface area contributed by atoms with Crippen LogP contribution in [0.2, 0.25) is 0 Å². The second-order valence-corrected chi connectivity index (χ2v) is 10.5. The Labute approximate surface area is 233 Å². The number of carbonyl (C=O) groups excluding carboxylic acids is 1. The lowest BCUT2D eigenvalue weighted by atomic mass is 10.1. The maximum Gasteiger partial charge on any atom is 0.266 e. The molecule has 0 spiro atoms. The van der Waals surface area contributed by atoms with E-state index >= 15 is 0 Å². The number of carbonyl (C=O) groups is 1. The summed E-state index contributed by atoms with van der Waals surface area (Å²) in [4.78, 5) is 18.6. The zero-order valence-corrected chi connectivity index (χ0v) is 23.3. The fourth-order valence-corrected chi connectivity index (χ4v) is 5.54. The number of amides is 1. The fourth-order valence-electron chi connectivity index (χ4n) is 4.72. The molecule has 1 saturated heterocycles. The largest absolute Gasteiger partial charge is 0.383 e. The van der Waals surface area contributed by atoms with Crippen LogP contribution in [0.25, 0.3) is 23.1 Å². The van der Waals surface area contributed by atoms with Crippen molar-refractivity contribution in [3.05, 3.63) is 75.6 Å². The number of aromatic nitrogens is 2. The van der Waals surface area contributed by atoms with Crippen LogP contribution >= 0.6 is 11.3 Å². The molecule has 0 saturated carbocycles. The first-order valence-corrected chi connectivity index (χ1v) is 14.1. The van der Waals surface area contributed by atoms with Crippen LogP contribution in [-0.2, 0) is 9.47 Å². The predicted octanol–water partition coefficient (Wildman–Crippen LogP) is 5.14. The number of thiophene rings is 1. The van der Waals surface area contributed by atoms with E-state index in [-0.39, 0.29) is 5.91 Å². The number of benzene rings is 2. The van der Waals surface area contributed by atoms with Gasteiger partial charge in [-0.3, -0.25) is 14.8 Å². The molecule has 3 heterocycles.